The van der Waals surface area contributed by atoms with Gasteiger partial charge in [0.25, 0.3) is 5.91 Å². The van der Waals surface area contributed by atoms with E-state index in [1.165, 1.54) is 0 Å². The number of hydrogen-bond donors (Lipinski definition) is 4. The Morgan fingerprint density at radius 3 is 1.88 bits per heavy atom. The van der Waals surface area contributed by atoms with Crippen LogP contribution >= 0.6 is 23.6 Å². The maximum Gasteiger partial charge on any atom is 0.251 e. The van der Waals surface area contributed by atoms with Gasteiger partial charge in [0.15, 0.2) is 3.95 Å². The Hall–Kier alpha value is -4.93. The number of aromatic nitrogens is 2. The standard InChI is InChI=1S/C33H29N5O3S2/c39-29(35-27(21-16-22-10-4-1-5-11-22)30(40)36-32-37-38-33(42)43-32)25-17-19-26(20-18-25)34-31(41)28(23-12-6-2-7-13-23)24-14-8-3-9-15-24/h1-15,17-20,27-28H,16,21H2,(H,34,41)(H,35,39)(H,38,42)(H,36,37,40)/t27-/m0/s1. The minimum atomic E-state index is -0.818. The molecule has 0 aliphatic carbocycles. The van der Waals surface area contributed by atoms with Crippen molar-refractivity contribution in [2.75, 3.05) is 10.6 Å². The average molecular weight is 608 g/mol. The van der Waals surface area contributed by atoms with Gasteiger partial charge in [0.05, 0.1) is 5.92 Å². The monoisotopic (exact) mass is 607 g/mol. The molecule has 5 aromatic rings. The molecule has 0 saturated heterocycles. The Kier molecular flexibility index (Phi) is 9.83. The number of nitrogens with zero attached hydrogens (tertiary/aromatic N) is 1. The van der Waals surface area contributed by atoms with Gasteiger partial charge in [-0.25, -0.2) is 0 Å². The van der Waals surface area contributed by atoms with Crippen molar-refractivity contribution in [2.24, 2.45) is 0 Å². The van der Waals surface area contributed by atoms with Crippen molar-refractivity contribution >= 4 is 52.1 Å². The molecule has 0 bridgehead atoms. The van der Waals surface area contributed by atoms with Gasteiger partial charge in [-0.05, 0) is 66.0 Å². The van der Waals surface area contributed by atoms with Crippen molar-refractivity contribution in [3.8, 4) is 0 Å². The van der Waals surface area contributed by atoms with Gasteiger partial charge in [0.2, 0.25) is 16.9 Å². The second-order valence-electron chi connectivity index (χ2n) is 9.78. The van der Waals surface area contributed by atoms with Crippen molar-refractivity contribution in [3.05, 3.63) is 141 Å². The molecule has 1 atom stereocenters. The zero-order valence-corrected chi connectivity index (χ0v) is 24.7. The molecule has 4 N–H and O–H groups in total. The number of H-pyrrole nitrogens is 1. The summed E-state index contributed by atoms with van der Waals surface area (Å²) in [6, 6.07) is 34.7. The lowest BCUT2D eigenvalue weighted by Gasteiger charge is -2.19. The molecule has 8 nitrogen and oxygen atoms in total. The largest absolute Gasteiger partial charge is 0.340 e. The molecule has 0 unspecified atom stereocenters. The normalized spacial score (nSPS) is 11.5. The number of aromatic amines is 1. The molecule has 3 amide bonds. The highest BCUT2D eigenvalue weighted by Crippen LogP contribution is 2.26. The molecular formula is C33H29N5O3S2. The number of benzene rings is 4. The first-order valence-electron chi connectivity index (χ1n) is 13.7. The van der Waals surface area contributed by atoms with Gasteiger partial charge < -0.3 is 10.6 Å². The third kappa shape index (κ3) is 8.09. The molecular weight excluding hydrogens is 579 g/mol. The SMILES string of the molecule is O=C(N[C@@H](CCc1ccccc1)C(=O)Nc1n[nH]c(=S)s1)c1ccc(NC(=O)C(c2ccccc2)c2ccccc2)cc1. The van der Waals surface area contributed by atoms with E-state index in [-0.39, 0.29) is 5.91 Å². The molecule has 0 aliphatic heterocycles. The number of aryl methyl sites for hydroxylation is 1. The molecule has 0 aliphatic rings. The highest BCUT2D eigenvalue weighted by molar-refractivity contribution is 7.73. The summed E-state index contributed by atoms with van der Waals surface area (Å²) < 4.78 is 0.436. The third-order valence-electron chi connectivity index (χ3n) is 6.80. The Labute approximate surface area is 258 Å². The van der Waals surface area contributed by atoms with Crippen LogP contribution in [0.2, 0.25) is 0 Å². The first-order chi connectivity index (χ1) is 21.0. The van der Waals surface area contributed by atoms with Crippen LogP contribution in [0.3, 0.4) is 0 Å². The van der Waals surface area contributed by atoms with E-state index in [2.05, 4.69) is 26.1 Å². The highest BCUT2D eigenvalue weighted by atomic mass is 32.1. The Morgan fingerprint density at radius 1 is 0.744 bits per heavy atom. The predicted octanol–water partition coefficient (Wildman–Crippen LogP) is 6.34. The average Bonchev–Trinajstić information content (AvgIpc) is 3.45. The number of rotatable bonds is 11. The molecule has 1 heterocycles. The van der Waals surface area contributed by atoms with Crippen molar-refractivity contribution in [1.82, 2.24) is 15.5 Å². The van der Waals surface area contributed by atoms with Gasteiger partial charge >= 0.3 is 0 Å². The fourth-order valence-corrected chi connectivity index (χ4v) is 5.44. The van der Waals surface area contributed by atoms with Crippen LogP contribution in [-0.4, -0.2) is 34.0 Å². The van der Waals surface area contributed by atoms with Crippen molar-refractivity contribution in [3.63, 3.8) is 0 Å². The number of nitrogens with one attached hydrogen (secondary N) is 4. The second-order valence-corrected chi connectivity index (χ2v) is 11.4. The lowest BCUT2D eigenvalue weighted by molar-refractivity contribution is -0.118. The maximum atomic E-state index is 13.4. The summed E-state index contributed by atoms with van der Waals surface area (Å²) in [6.07, 6.45) is 0.969. The van der Waals surface area contributed by atoms with Crippen molar-refractivity contribution < 1.29 is 14.4 Å². The van der Waals surface area contributed by atoms with E-state index in [4.69, 9.17) is 12.2 Å². The van der Waals surface area contributed by atoms with E-state index in [0.29, 0.717) is 33.2 Å². The smallest absolute Gasteiger partial charge is 0.251 e. The third-order valence-corrected chi connectivity index (χ3v) is 7.80. The summed E-state index contributed by atoms with van der Waals surface area (Å²) in [7, 11) is 0. The van der Waals surface area contributed by atoms with E-state index in [1.807, 2.05) is 91.0 Å². The number of carbonyl (C=O) groups excluding carboxylic acids is 3. The van der Waals surface area contributed by atoms with E-state index in [0.717, 1.165) is 28.0 Å². The van der Waals surface area contributed by atoms with E-state index < -0.39 is 23.8 Å². The number of hydrogen-bond acceptors (Lipinski definition) is 6. The van der Waals surface area contributed by atoms with E-state index in [9.17, 15) is 14.4 Å². The van der Waals surface area contributed by atoms with Crippen LogP contribution in [-0.2, 0) is 16.0 Å². The van der Waals surface area contributed by atoms with Gasteiger partial charge in [-0.2, -0.15) is 0 Å². The minimum Gasteiger partial charge on any atom is -0.340 e. The molecule has 1 aromatic heterocycles. The Balaban J connectivity index is 1.27. The maximum absolute atomic E-state index is 13.4. The fourth-order valence-electron chi connectivity index (χ4n) is 4.65. The molecule has 43 heavy (non-hydrogen) atoms. The summed E-state index contributed by atoms with van der Waals surface area (Å²) in [5, 5.41) is 15.5. The molecule has 10 heteroatoms. The fraction of sp³-hybridized carbons (Fsp3) is 0.121. The van der Waals surface area contributed by atoms with Crippen LogP contribution in [0.15, 0.2) is 115 Å². The van der Waals surface area contributed by atoms with Gasteiger partial charge in [0.1, 0.15) is 6.04 Å². The molecule has 0 saturated carbocycles. The van der Waals surface area contributed by atoms with Gasteiger partial charge in [0, 0.05) is 11.3 Å². The number of anilines is 2. The minimum absolute atomic E-state index is 0.186. The zero-order valence-electron chi connectivity index (χ0n) is 23.0. The number of carbonyl (C=O) groups is 3. The number of amides is 3. The Bertz CT molecular complexity index is 1680. The Morgan fingerprint density at radius 2 is 1.33 bits per heavy atom. The van der Waals surface area contributed by atoms with Crippen LogP contribution < -0.4 is 16.0 Å². The van der Waals surface area contributed by atoms with Crippen LogP contribution in [0, 0.1) is 3.95 Å². The molecule has 0 spiro atoms. The highest BCUT2D eigenvalue weighted by Gasteiger charge is 2.24. The van der Waals surface area contributed by atoms with Gasteiger partial charge in [-0.15, -0.1) is 5.10 Å². The van der Waals surface area contributed by atoms with Crippen molar-refractivity contribution in [2.45, 2.75) is 24.8 Å². The predicted molar refractivity (Wildman–Crippen MR) is 172 cm³/mol. The molecule has 0 radical (unpaired) electrons. The van der Waals surface area contributed by atoms with Gasteiger partial charge in [-0.3, -0.25) is 24.8 Å². The summed E-state index contributed by atoms with van der Waals surface area (Å²) in [5.41, 5.74) is 3.71. The quantitative estimate of drug-likeness (QED) is 0.131. The molecule has 216 valence electrons. The zero-order chi connectivity index (χ0) is 30.0. The summed E-state index contributed by atoms with van der Waals surface area (Å²) in [6.45, 7) is 0. The lowest BCUT2D eigenvalue weighted by atomic mass is 9.90. The molecule has 5 rings (SSSR count). The van der Waals surface area contributed by atoms with Gasteiger partial charge in [-0.1, -0.05) is 102 Å². The second kappa shape index (κ2) is 14.3. The van der Waals surface area contributed by atoms with Crippen LogP contribution in [0.4, 0.5) is 10.8 Å². The first kappa shape index (κ1) is 29.6. The first-order valence-corrected chi connectivity index (χ1v) is 14.9. The summed E-state index contributed by atoms with van der Waals surface area (Å²) >= 11 is 6.19. The van der Waals surface area contributed by atoms with Crippen LogP contribution in [0.5, 0.6) is 0 Å². The summed E-state index contributed by atoms with van der Waals surface area (Å²) in [5.74, 6) is -1.48. The van der Waals surface area contributed by atoms with E-state index in [1.54, 1.807) is 24.3 Å². The van der Waals surface area contributed by atoms with Crippen LogP contribution in [0.1, 0.15) is 39.4 Å². The topological polar surface area (TPSA) is 116 Å². The molecule has 0 fully saturated rings. The molecule has 4 aromatic carbocycles. The van der Waals surface area contributed by atoms with Crippen LogP contribution in [0.25, 0.3) is 0 Å². The summed E-state index contributed by atoms with van der Waals surface area (Å²) in [4.78, 5) is 39.8. The van der Waals surface area contributed by atoms with E-state index >= 15 is 0 Å². The van der Waals surface area contributed by atoms with Crippen molar-refractivity contribution in [1.29, 1.82) is 0 Å². The lowest BCUT2D eigenvalue weighted by Crippen LogP contribution is -2.44.